The number of nitrogens with zero attached hydrogens (tertiary/aromatic N) is 1. The van der Waals surface area contributed by atoms with Crippen molar-refractivity contribution in [1.82, 2.24) is 5.32 Å². The van der Waals surface area contributed by atoms with Crippen LogP contribution in [0.4, 0.5) is 21.5 Å². The molecule has 11 heteroatoms. The Balaban J connectivity index is 1.49. The van der Waals surface area contributed by atoms with E-state index >= 15 is 0 Å². The Hall–Kier alpha value is -5.29. The highest BCUT2D eigenvalue weighted by Gasteiger charge is 2.20. The first-order chi connectivity index (χ1) is 21.1. The summed E-state index contributed by atoms with van der Waals surface area (Å²) in [5.74, 6) is -1.78. The number of hydrogen-bond acceptors (Lipinski definition) is 6. The Kier molecular flexibility index (Phi) is 10.6. The minimum atomic E-state index is -0.598. The molecule has 4 aromatic rings. The molecule has 44 heavy (non-hydrogen) atoms. The summed E-state index contributed by atoms with van der Waals surface area (Å²) in [5.41, 5.74) is 2.25. The summed E-state index contributed by atoms with van der Waals surface area (Å²) in [4.78, 5) is 50.6. The van der Waals surface area contributed by atoms with E-state index in [-0.39, 0.29) is 17.3 Å². The molecule has 0 heterocycles. The second-order valence-electron chi connectivity index (χ2n) is 9.67. The number of amides is 3. The predicted molar refractivity (Wildman–Crippen MR) is 170 cm³/mol. The van der Waals surface area contributed by atoms with Crippen molar-refractivity contribution in [3.63, 3.8) is 0 Å². The smallest absolute Gasteiger partial charge is 0.272 e. The topological polar surface area (TPSA) is 130 Å². The molecule has 0 fully saturated rings. The van der Waals surface area contributed by atoms with Gasteiger partial charge in [-0.05, 0) is 79.1 Å². The number of carbonyl (C=O) groups is 3. The molecule has 0 saturated heterocycles. The Morgan fingerprint density at radius 3 is 2.32 bits per heavy atom. The van der Waals surface area contributed by atoms with Crippen molar-refractivity contribution in [2.24, 2.45) is 0 Å². The van der Waals surface area contributed by atoms with Crippen LogP contribution in [0.2, 0.25) is 0 Å². The van der Waals surface area contributed by atoms with Gasteiger partial charge in [0.25, 0.3) is 17.5 Å². The number of carbonyl (C=O) groups excluding carboxylic acids is 3. The average Bonchev–Trinajstić information content (AvgIpc) is 3.02. The summed E-state index contributed by atoms with van der Waals surface area (Å²) >= 11 is 1.30. The number of aryl methyl sites for hydroxylation is 1. The number of rotatable bonds is 11. The number of nitro benzene ring substituents is 1. The first-order valence-electron chi connectivity index (χ1n) is 13.6. The van der Waals surface area contributed by atoms with Crippen LogP contribution in [0, 0.1) is 22.9 Å². The molecule has 3 amide bonds. The van der Waals surface area contributed by atoms with E-state index in [2.05, 4.69) is 16.0 Å². The molecule has 3 N–H and O–H groups in total. The molecule has 9 nitrogen and oxygen atoms in total. The maximum absolute atomic E-state index is 13.5. The largest absolute Gasteiger partial charge is 0.325 e. The molecule has 4 aromatic carbocycles. The van der Waals surface area contributed by atoms with Crippen molar-refractivity contribution in [1.29, 1.82) is 0 Å². The highest BCUT2D eigenvalue weighted by Crippen LogP contribution is 2.30. The minimum Gasteiger partial charge on any atom is -0.325 e. The number of nitro groups is 1. The van der Waals surface area contributed by atoms with Crippen molar-refractivity contribution in [3.8, 4) is 0 Å². The molecule has 0 saturated carbocycles. The first kappa shape index (κ1) is 31.6. The molecule has 0 aliphatic rings. The fraction of sp³-hybridized carbons (Fsp3) is 0.121. The van der Waals surface area contributed by atoms with Gasteiger partial charge in [-0.3, -0.25) is 24.5 Å². The van der Waals surface area contributed by atoms with E-state index in [1.807, 2.05) is 6.92 Å². The minimum absolute atomic E-state index is 0.0483. The fourth-order valence-electron chi connectivity index (χ4n) is 4.12. The summed E-state index contributed by atoms with van der Waals surface area (Å²) in [5, 5.41) is 18.8. The molecular formula is C33H29FN4O5S. The van der Waals surface area contributed by atoms with Crippen molar-refractivity contribution in [3.05, 3.63) is 135 Å². The lowest BCUT2D eigenvalue weighted by molar-refractivity contribution is -0.384. The monoisotopic (exact) mass is 612 g/mol. The van der Waals surface area contributed by atoms with Gasteiger partial charge in [0.05, 0.1) is 10.2 Å². The molecule has 1 unspecified atom stereocenters. The second kappa shape index (κ2) is 14.7. The predicted octanol–water partition coefficient (Wildman–Crippen LogP) is 6.96. The number of nitrogens with one attached hydrogen (secondary N) is 3. The molecule has 224 valence electrons. The van der Waals surface area contributed by atoms with Crippen LogP contribution in [0.25, 0.3) is 6.08 Å². The van der Waals surface area contributed by atoms with Gasteiger partial charge in [0, 0.05) is 34.0 Å². The Morgan fingerprint density at radius 2 is 1.66 bits per heavy atom. The molecule has 0 spiro atoms. The summed E-state index contributed by atoms with van der Waals surface area (Å²) in [6, 6.07) is 25.1. The van der Waals surface area contributed by atoms with Gasteiger partial charge in [0.1, 0.15) is 11.5 Å². The Labute approximate surface area is 257 Å². The zero-order valence-electron chi connectivity index (χ0n) is 23.9. The van der Waals surface area contributed by atoms with Crippen LogP contribution in [-0.2, 0) is 9.59 Å². The molecule has 0 radical (unpaired) electrons. The SMILES string of the molecule is CCC(Sc1cccc(NC(=O)/C(=C/c2ccc(F)cc2)NC(=O)c2ccccc2)c1)C(=O)Nc1ccc([N+](=O)[O-])cc1C. The Morgan fingerprint density at radius 1 is 0.932 bits per heavy atom. The quantitative estimate of drug-likeness (QED) is 0.0727. The summed E-state index contributed by atoms with van der Waals surface area (Å²) in [6.07, 6.45) is 1.95. The summed E-state index contributed by atoms with van der Waals surface area (Å²) in [6.45, 7) is 3.55. The van der Waals surface area contributed by atoms with Crippen molar-refractivity contribution >= 4 is 52.6 Å². The number of anilines is 2. The summed E-state index contributed by atoms with van der Waals surface area (Å²) in [7, 11) is 0. The van der Waals surface area contributed by atoms with Crippen molar-refractivity contribution < 1.29 is 23.7 Å². The normalized spacial score (nSPS) is 11.8. The van der Waals surface area contributed by atoms with Gasteiger partial charge in [-0.1, -0.05) is 43.3 Å². The number of hydrogen-bond donors (Lipinski definition) is 3. The first-order valence-corrected chi connectivity index (χ1v) is 14.5. The van der Waals surface area contributed by atoms with E-state index in [1.165, 1.54) is 60.3 Å². The Bertz CT molecular complexity index is 1710. The standard InChI is InChI=1S/C33H29FN4O5S/c1-3-30(33(41)36-28-17-16-26(38(42)43)18-21(28)2)44-27-11-7-10-25(20-27)35-32(40)29(19-22-12-14-24(34)15-13-22)37-31(39)23-8-5-4-6-9-23/h4-20,30H,3H2,1-2H3,(H,35,40)(H,36,41)(H,37,39)/b29-19-. The van der Waals surface area contributed by atoms with Gasteiger partial charge < -0.3 is 16.0 Å². The maximum Gasteiger partial charge on any atom is 0.272 e. The van der Waals surface area contributed by atoms with Gasteiger partial charge in [-0.25, -0.2) is 4.39 Å². The van der Waals surface area contributed by atoms with Crippen LogP contribution in [0.5, 0.6) is 0 Å². The third-order valence-corrected chi connectivity index (χ3v) is 7.78. The lowest BCUT2D eigenvalue weighted by Gasteiger charge is -2.17. The van der Waals surface area contributed by atoms with Crippen LogP contribution < -0.4 is 16.0 Å². The van der Waals surface area contributed by atoms with E-state index in [9.17, 15) is 28.9 Å². The number of benzene rings is 4. The van der Waals surface area contributed by atoms with Crippen molar-refractivity contribution in [2.75, 3.05) is 10.6 Å². The zero-order chi connectivity index (χ0) is 31.6. The molecule has 4 rings (SSSR count). The van der Waals surface area contributed by atoms with Crippen LogP contribution in [0.1, 0.15) is 34.8 Å². The second-order valence-corrected chi connectivity index (χ2v) is 10.9. The van der Waals surface area contributed by atoms with Crippen LogP contribution >= 0.6 is 11.8 Å². The van der Waals surface area contributed by atoms with Crippen LogP contribution in [-0.4, -0.2) is 27.9 Å². The molecule has 0 bridgehead atoms. The molecule has 0 aliphatic carbocycles. The molecule has 0 aromatic heterocycles. The third-order valence-electron chi connectivity index (χ3n) is 6.42. The fourth-order valence-corrected chi connectivity index (χ4v) is 5.13. The van der Waals surface area contributed by atoms with Crippen molar-refractivity contribution in [2.45, 2.75) is 30.4 Å². The van der Waals surface area contributed by atoms with Gasteiger partial charge in [-0.15, -0.1) is 11.8 Å². The van der Waals surface area contributed by atoms with E-state index in [0.29, 0.717) is 39.4 Å². The van der Waals surface area contributed by atoms with Gasteiger partial charge in [0.2, 0.25) is 5.91 Å². The summed E-state index contributed by atoms with van der Waals surface area (Å²) < 4.78 is 13.5. The lowest BCUT2D eigenvalue weighted by atomic mass is 10.1. The van der Waals surface area contributed by atoms with E-state index in [0.717, 1.165) is 0 Å². The number of thioether (sulfide) groups is 1. The highest BCUT2D eigenvalue weighted by molar-refractivity contribution is 8.00. The molecule has 1 atom stereocenters. The number of halogens is 1. The lowest BCUT2D eigenvalue weighted by Crippen LogP contribution is -2.30. The van der Waals surface area contributed by atoms with Gasteiger partial charge in [0.15, 0.2) is 0 Å². The van der Waals surface area contributed by atoms with E-state index in [4.69, 9.17) is 0 Å². The third kappa shape index (κ3) is 8.62. The van der Waals surface area contributed by atoms with Crippen LogP contribution in [0.15, 0.2) is 108 Å². The molecule has 0 aliphatic heterocycles. The molecular weight excluding hydrogens is 583 g/mol. The highest BCUT2D eigenvalue weighted by atomic mass is 32.2. The van der Waals surface area contributed by atoms with Crippen LogP contribution in [0.3, 0.4) is 0 Å². The van der Waals surface area contributed by atoms with Gasteiger partial charge in [-0.2, -0.15) is 0 Å². The van der Waals surface area contributed by atoms with Gasteiger partial charge >= 0.3 is 0 Å². The zero-order valence-corrected chi connectivity index (χ0v) is 24.7. The number of non-ortho nitro benzene ring substituents is 1. The van der Waals surface area contributed by atoms with E-state index < -0.39 is 27.8 Å². The van der Waals surface area contributed by atoms with E-state index in [1.54, 1.807) is 61.5 Å². The maximum atomic E-state index is 13.5. The average molecular weight is 613 g/mol.